The van der Waals surface area contributed by atoms with Crippen molar-refractivity contribution in [3.05, 3.63) is 72.4 Å². The number of benzene rings is 2. The molecular formula is C24H21N5O4. The highest BCUT2D eigenvalue weighted by molar-refractivity contribution is 5.85. The van der Waals surface area contributed by atoms with E-state index >= 15 is 0 Å². The highest BCUT2D eigenvalue weighted by Gasteiger charge is 2.49. The zero-order valence-electron chi connectivity index (χ0n) is 17.5. The molecule has 2 aliphatic heterocycles. The van der Waals surface area contributed by atoms with Gasteiger partial charge in [-0.15, -0.1) is 0 Å². The molecule has 0 radical (unpaired) electrons. The first kappa shape index (κ1) is 20.9. The third-order valence-electron chi connectivity index (χ3n) is 5.54. The van der Waals surface area contributed by atoms with Crippen LogP contribution in [0, 0.1) is 11.3 Å². The zero-order chi connectivity index (χ0) is 22.6. The predicted molar refractivity (Wildman–Crippen MR) is 119 cm³/mol. The van der Waals surface area contributed by atoms with E-state index in [-0.39, 0.29) is 18.8 Å². The first-order valence-corrected chi connectivity index (χ1v) is 10.6. The number of aromatic nitrogens is 2. The van der Waals surface area contributed by atoms with Crippen LogP contribution in [0.5, 0.6) is 0 Å². The van der Waals surface area contributed by atoms with E-state index in [1.54, 1.807) is 30.5 Å². The maximum absolute atomic E-state index is 12.3. The van der Waals surface area contributed by atoms with Crippen molar-refractivity contribution in [3.8, 4) is 17.3 Å². The van der Waals surface area contributed by atoms with E-state index in [0.29, 0.717) is 23.8 Å². The van der Waals surface area contributed by atoms with Gasteiger partial charge in [-0.2, -0.15) is 5.26 Å². The summed E-state index contributed by atoms with van der Waals surface area (Å²) in [5.74, 6) is 0.480. The molecule has 2 aromatic carbocycles. The Balaban J connectivity index is 1.19. The fourth-order valence-electron chi connectivity index (χ4n) is 4.00. The topological polar surface area (TPSA) is 118 Å². The summed E-state index contributed by atoms with van der Waals surface area (Å²) < 4.78 is 17.3. The van der Waals surface area contributed by atoms with Crippen LogP contribution < -0.4 is 10.6 Å². The molecule has 9 nitrogen and oxygen atoms in total. The number of carbonyl (C=O) groups excluding carboxylic acids is 1. The van der Waals surface area contributed by atoms with Crippen molar-refractivity contribution in [2.75, 3.05) is 23.8 Å². The second kappa shape index (κ2) is 9.24. The van der Waals surface area contributed by atoms with E-state index in [2.05, 4.69) is 20.6 Å². The number of fused-ring (bicyclic) bond motifs is 1. The van der Waals surface area contributed by atoms with Crippen molar-refractivity contribution in [1.29, 1.82) is 5.26 Å². The minimum absolute atomic E-state index is 0.176. The summed E-state index contributed by atoms with van der Waals surface area (Å²) >= 11 is 0. The molecule has 9 heteroatoms. The Hall–Kier alpha value is -4.00. The Morgan fingerprint density at radius 2 is 1.91 bits per heavy atom. The number of carbonyl (C=O) groups is 1. The molecule has 2 fully saturated rings. The summed E-state index contributed by atoms with van der Waals surface area (Å²) in [6.45, 7) is 0.601. The average Bonchev–Trinajstić information content (AvgIpc) is 3.43. The van der Waals surface area contributed by atoms with E-state index in [1.165, 1.54) is 0 Å². The first-order chi connectivity index (χ1) is 16.2. The lowest BCUT2D eigenvalue weighted by Gasteiger charge is -2.18. The quantitative estimate of drug-likeness (QED) is 0.617. The number of ether oxygens (including phenoxy) is 3. The van der Waals surface area contributed by atoms with Gasteiger partial charge in [-0.1, -0.05) is 36.4 Å². The molecule has 2 aliphatic rings. The molecule has 2 N–H and O–H groups in total. The van der Waals surface area contributed by atoms with Gasteiger partial charge >= 0.3 is 6.09 Å². The maximum atomic E-state index is 12.3. The molecule has 0 saturated carbocycles. The molecule has 3 aromatic rings. The van der Waals surface area contributed by atoms with Gasteiger partial charge < -0.3 is 19.5 Å². The smallest absolute Gasteiger partial charge is 0.412 e. The number of nitrogens with one attached hydrogen (secondary N) is 2. The van der Waals surface area contributed by atoms with Crippen molar-refractivity contribution in [2.24, 2.45) is 0 Å². The van der Waals surface area contributed by atoms with Crippen LogP contribution in [0.2, 0.25) is 0 Å². The summed E-state index contributed by atoms with van der Waals surface area (Å²) in [7, 11) is 0. The van der Waals surface area contributed by atoms with Crippen LogP contribution in [0.1, 0.15) is 5.56 Å². The normalized spacial score (nSPS) is 23.4. The van der Waals surface area contributed by atoms with Gasteiger partial charge in [-0.3, -0.25) is 5.32 Å². The molecule has 2 saturated heterocycles. The lowest BCUT2D eigenvalue weighted by atomic mass is 10.1. The van der Waals surface area contributed by atoms with Crippen molar-refractivity contribution >= 4 is 17.7 Å². The number of rotatable bonds is 5. The second-order valence-electron chi connectivity index (χ2n) is 7.74. The standard InChI is InChI=1S/C24H21N5O4/c25-12-15-5-4-8-17(11-15)27-24(30)33-20-14-32-21-19(13-31-22(20)21)29-23-26-10-9-18(28-23)16-6-2-1-3-7-16/h1-11,19-22H,13-14H2,(H,27,30)(H,26,28,29). The Bertz CT molecular complexity index is 1180. The minimum Gasteiger partial charge on any atom is -0.441 e. The third-order valence-corrected chi connectivity index (χ3v) is 5.54. The summed E-state index contributed by atoms with van der Waals surface area (Å²) in [6.07, 6.45) is -0.154. The first-order valence-electron chi connectivity index (χ1n) is 10.6. The summed E-state index contributed by atoms with van der Waals surface area (Å²) in [4.78, 5) is 21.3. The van der Waals surface area contributed by atoms with Crippen molar-refractivity contribution in [3.63, 3.8) is 0 Å². The molecular weight excluding hydrogens is 422 g/mol. The van der Waals surface area contributed by atoms with Gasteiger partial charge in [0.15, 0.2) is 6.10 Å². The Kier molecular flexibility index (Phi) is 5.85. The van der Waals surface area contributed by atoms with Crippen LogP contribution in [0.25, 0.3) is 11.3 Å². The minimum atomic E-state index is -0.627. The third kappa shape index (κ3) is 4.62. The molecule has 1 amide bonds. The number of hydrogen-bond acceptors (Lipinski definition) is 8. The number of amides is 1. The molecule has 1 aromatic heterocycles. The molecule has 166 valence electrons. The van der Waals surface area contributed by atoms with E-state index in [1.807, 2.05) is 42.5 Å². The highest BCUT2D eigenvalue weighted by Crippen LogP contribution is 2.30. The molecule has 4 atom stereocenters. The van der Waals surface area contributed by atoms with E-state index in [0.717, 1.165) is 11.3 Å². The van der Waals surface area contributed by atoms with E-state index in [4.69, 9.17) is 19.5 Å². The Morgan fingerprint density at radius 3 is 2.76 bits per heavy atom. The number of nitriles is 1. The van der Waals surface area contributed by atoms with Gasteiger partial charge in [0.05, 0.1) is 36.6 Å². The summed E-state index contributed by atoms with van der Waals surface area (Å²) in [6, 6.07) is 20.2. The lowest BCUT2D eigenvalue weighted by Crippen LogP contribution is -2.38. The fourth-order valence-corrected chi connectivity index (χ4v) is 4.00. The van der Waals surface area contributed by atoms with E-state index < -0.39 is 18.3 Å². The maximum Gasteiger partial charge on any atom is 0.412 e. The van der Waals surface area contributed by atoms with Gasteiger partial charge in [0.25, 0.3) is 0 Å². The Labute approximate surface area is 190 Å². The average molecular weight is 443 g/mol. The molecule has 0 spiro atoms. The van der Waals surface area contributed by atoms with Crippen molar-refractivity contribution in [2.45, 2.75) is 24.4 Å². The van der Waals surface area contributed by atoms with Crippen LogP contribution in [-0.4, -0.2) is 53.6 Å². The molecule has 5 rings (SSSR count). The molecule has 0 aliphatic carbocycles. The highest BCUT2D eigenvalue weighted by atomic mass is 16.6. The van der Waals surface area contributed by atoms with Crippen LogP contribution in [-0.2, 0) is 14.2 Å². The van der Waals surface area contributed by atoms with Crippen LogP contribution >= 0.6 is 0 Å². The largest absolute Gasteiger partial charge is 0.441 e. The van der Waals surface area contributed by atoms with Gasteiger partial charge in [0, 0.05) is 17.4 Å². The summed E-state index contributed by atoms with van der Waals surface area (Å²) in [5.41, 5.74) is 2.75. The number of hydrogen-bond donors (Lipinski definition) is 2. The molecule has 33 heavy (non-hydrogen) atoms. The zero-order valence-corrected chi connectivity index (χ0v) is 17.5. The molecule has 3 heterocycles. The van der Waals surface area contributed by atoms with Crippen LogP contribution in [0.15, 0.2) is 66.9 Å². The number of anilines is 2. The van der Waals surface area contributed by atoms with Gasteiger partial charge in [-0.25, -0.2) is 14.8 Å². The lowest BCUT2D eigenvalue weighted by molar-refractivity contribution is 0.00917. The monoisotopic (exact) mass is 443 g/mol. The van der Waals surface area contributed by atoms with Gasteiger partial charge in [0.1, 0.15) is 12.2 Å². The van der Waals surface area contributed by atoms with Crippen molar-refractivity contribution < 1.29 is 19.0 Å². The van der Waals surface area contributed by atoms with Gasteiger partial charge in [-0.05, 0) is 24.3 Å². The molecule has 4 unspecified atom stereocenters. The Morgan fingerprint density at radius 1 is 1.06 bits per heavy atom. The molecule has 0 bridgehead atoms. The van der Waals surface area contributed by atoms with Crippen molar-refractivity contribution in [1.82, 2.24) is 9.97 Å². The SMILES string of the molecule is N#Cc1cccc(NC(=O)OC2COC3C(Nc4nccc(-c5ccccc5)n4)COC23)c1. The van der Waals surface area contributed by atoms with E-state index in [9.17, 15) is 4.79 Å². The number of nitrogens with zero attached hydrogens (tertiary/aromatic N) is 3. The van der Waals surface area contributed by atoms with Crippen LogP contribution in [0.3, 0.4) is 0 Å². The second-order valence-corrected chi connectivity index (χ2v) is 7.74. The van der Waals surface area contributed by atoms with Gasteiger partial charge in [0.2, 0.25) is 5.95 Å². The van der Waals surface area contributed by atoms with Crippen LogP contribution in [0.4, 0.5) is 16.4 Å². The summed E-state index contributed by atoms with van der Waals surface area (Å²) in [5, 5.41) is 14.9. The fraction of sp³-hybridized carbons (Fsp3) is 0.250. The predicted octanol–water partition coefficient (Wildman–Crippen LogP) is 3.21.